The van der Waals surface area contributed by atoms with Crippen LogP contribution in [-0.2, 0) is 6.18 Å². The summed E-state index contributed by atoms with van der Waals surface area (Å²) in [4.78, 5) is 0. The third-order valence-electron chi connectivity index (χ3n) is 2.81. The number of alkyl halides is 6. The van der Waals surface area contributed by atoms with Gasteiger partial charge in [-0.3, -0.25) is 0 Å². The van der Waals surface area contributed by atoms with Crippen molar-refractivity contribution in [3.8, 4) is 22.9 Å². The summed E-state index contributed by atoms with van der Waals surface area (Å²) < 4.78 is 79.6. The van der Waals surface area contributed by atoms with Gasteiger partial charge in [0.25, 0.3) is 0 Å². The largest absolute Gasteiger partial charge is 0.573 e. The molecule has 0 aliphatic heterocycles. The molecule has 2 nitrogen and oxygen atoms in total. The maximum Gasteiger partial charge on any atom is 0.573 e. The predicted molar refractivity (Wildman–Crippen MR) is 68.3 cm³/mol. The second kappa shape index (κ2) is 5.83. The van der Waals surface area contributed by atoms with E-state index in [2.05, 4.69) is 4.74 Å². The summed E-state index contributed by atoms with van der Waals surface area (Å²) in [5.41, 5.74) is -1.85. The van der Waals surface area contributed by atoms with E-state index in [1.807, 2.05) is 0 Å². The van der Waals surface area contributed by atoms with E-state index in [1.54, 1.807) is 6.07 Å². The molecule has 23 heavy (non-hydrogen) atoms. The van der Waals surface area contributed by atoms with E-state index in [0.717, 1.165) is 12.1 Å². The zero-order chi connectivity index (χ0) is 17.3. The summed E-state index contributed by atoms with van der Waals surface area (Å²) >= 11 is 0. The fraction of sp³-hybridized carbons (Fsp3) is 0.133. The van der Waals surface area contributed by atoms with Gasteiger partial charge in [-0.05, 0) is 29.8 Å². The second-order valence-corrected chi connectivity index (χ2v) is 4.45. The lowest BCUT2D eigenvalue weighted by atomic mass is 9.99. The van der Waals surface area contributed by atoms with Crippen LogP contribution >= 0.6 is 0 Å². The molecule has 2 aromatic rings. The first kappa shape index (κ1) is 16.7. The smallest absolute Gasteiger partial charge is 0.405 e. The van der Waals surface area contributed by atoms with Crippen molar-refractivity contribution in [2.45, 2.75) is 12.5 Å². The molecule has 0 radical (unpaired) electrons. The highest BCUT2D eigenvalue weighted by atomic mass is 19.4. The average Bonchev–Trinajstić information content (AvgIpc) is 2.44. The molecule has 8 heteroatoms. The molecule has 2 aromatic carbocycles. The minimum Gasteiger partial charge on any atom is -0.405 e. The summed E-state index contributed by atoms with van der Waals surface area (Å²) in [5.74, 6) is -0.650. The molecule has 0 aromatic heterocycles. The van der Waals surface area contributed by atoms with Gasteiger partial charge < -0.3 is 4.74 Å². The Labute approximate surface area is 126 Å². The molecule has 0 saturated heterocycles. The minimum atomic E-state index is -4.99. The van der Waals surface area contributed by atoms with E-state index < -0.39 is 23.9 Å². The van der Waals surface area contributed by atoms with Crippen molar-refractivity contribution in [1.82, 2.24) is 0 Å². The number of benzene rings is 2. The normalized spacial score (nSPS) is 11.9. The van der Waals surface area contributed by atoms with Crippen LogP contribution in [0.1, 0.15) is 11.1 Å². The SMILES string of the molecule is N#Cc1cc(-c2ccccc2OC(F)(F)F)cc(C(F)(F)F)c1. The zero-order valence-electron chi connectivity index (χ0n) is 11.2. The Bertz CT molecular complexity index is 758. The molecule has 2 rings (SSSR count). The third kappa shape index (κ3) is 4.16. The Morgan fingerprint density at radius 2 is 1.57 bits per heavy atom. The number of halogens is 6. The van der Waals surface area contributed by atoms with Gasteiger partial charge >= 0.3 is 12.5 Å². The minimum absolute atomic E-state index is 0.198. The maximum atomic E-state index is 12.9. The molecule has 0 aliphatic rings. The molecule has 0 N–H and O–H groups in total. The Morgan fingerprint density at radius 1 is 0.913 bits per heavy atom. The van der Waals surface area contributed by atoms with Gasteiger partial charge in [-0.1, -0.05) is 18.2 Å². The highest BCUT2D eigenvalue weighted by molar-refractivity contribution is 5.72. The van der Waals surface area contributed by atoms with Crippen molar-refractivity contribution in [1.29, 1.82) is 5.26 Å². The highest BCUT2D eigenvalue weighted by Gasteiger charge is 2.33. The third-order valence-corrected chi connectivity index (χ3v) is 2.81. The van der Waals surface area contributed by atoms with E-state index >= 15 is 0 Å². The number of ether oxygens (including phenoxy) is 1. The van der Waals surface area contributed by atoms with Gasteiger partial charge in [0.05, 0.1) is 17.2 Å². The lowest BCUT2D eigenvalue weighted by Crippen LogP contribution is -2.17. The van der Waals surface area contributed by atoms with Gasteiger partial charge in [-0.2, -0.15) is 18.4 Å². The van der Waals surface area contributed by atoms with Crippen molar-refractivity contribution < 1.29 is 31.1 Å². The Hall–Kier alpha value is -2.69. The first-order chi connectivity index (χ1) is 10.6. The Balaban J connectivity index is 2.61. The average molecular weight is 331 g/mol. The molecular weight excluding hydrogens is 324 g/mol. The van der Waals surface area contributed by atoms with Crippen LogP contribution in [0.5, 0.6) is 5.75 Å². The Morgan fingerprint density at radius 3 is 2.13 bits per heavy atom. The summed E-state index contributed by atoms with van der Waals surface area (Å²) in [7, 11) is 0. The standard InChI is InChI=1S/C15H7F6NO/c16-14(17,18)11-6-9(8-22)5-10(7-11)12-3-1-2-4-13(12)23-15(19,20)21/h1-7H. The van der Waals surface area contributed by atoms with Gasteiger partial charge in [0.2, 0.25) is 0 Å². The Kier molecular flexibility index (Phi) is 4.23. The summed E-state index contributed by atoms with van der Waals surface area (Å²) in [6, 6.07) is 8.67. The van der Waals surface area contributed by atoms with Gasteiger partial charge in [0.1, 0.15) is 5.75 Å². The topological polar surface area (TPSA) is 33.0 Å². The molecule has 0 spiro atoms. The number of rotatable bonds is 2. The predicted octanol–water partition coefficient (Wildman–Crippen LogP) is 5.14. The van der Waals surface area contributed by atoms with Crippen molar-refractivity contribution in [3.05, 3.63) is 53.6 Å². The number of hydrogen-bond donors (Lipinski definition) is 0. The van der Waals surface area contributed by atoms with Crippen LogP contribution in [-0.4, -0.2) is 6.36 Å². The van der Waals surface area contributed by atoms with Crippen molar-refractivity contribution in [2.75, 3.05) is 0 Å². The summed E-state index contributed by atoms with van der Waals surface area (Å²) in [6.45, 7) is 0. The van der Waals surface area contributed by atoms with Crippen LogP contribution in [0.15, 0.2) is 42.5 Å². The molecule has 120 valence electrons. The molecule has 0 atom stereocenters. The first-order valence-corrected chi connectivity index (χ1v) is 6.08. The summed E-state index contributed by atoms with van der Waals surface area (Å²) in [5, 5.41) is 8.83. The van der Waals surface area contributed by atoms with Crippen LogP contribution in [0.3, 0.4) is 0 Å². The van der Waals surface area contributed by atoms with Crippen molar-refractivity contribution in [3.63, 3.8) is 0 Å². The summed E-state index contributed by atoms with van der Waals surface area (Å²) in [6.07, 6.45) is -9.72. The van der Waals surface area contributed by atoms with E-state index in [9.17, 15) is 26.3 Å². The van der Waals surface area contributed by atoms with Crippen LogP contribution in [0, 0.1) is 11.3 Å². The van der Waals surface area contributed by atoms with Crippen LogP contribution < -0.4 is 4.74 Å². The van der Waals surface area contributed by atoms with E-state index in [-0.39, 0.29) is 16.7 Å². The van der Waals surface area contributed by atoms with Gasteiger partial charge in [-0.15, -0.1) is 13.2 Å². The fourth-order valence-corrected chi connectivity index (χ4v) is 1.93. The zero-order valence-corrected chi connectivity index (χ0v) is 11.2. The van der Waals surface area contributed by atoms with Crippen LogP contribution in [0.2, 0.25) is 0 Å². The van der Waals surface area contributed by atoms with Crippen molar-refractivity contribution >= 4 is 0 Å². The van der Waals surface area contributed by atoms with Gasteiger partial charge in [0, 0.05) is 5.56 Å². The number of nitrogens with zero attached hydrogens (tertiary/aromatic N) is 1. The molecule has 0 aliphatic carbocycles. The number of nitriles is 1. The molecule has 0 fully saturated rings. The van der Waals surface area contributed by atoms with Crippen LogP contribution in [0.25, 0.3) is 11.1 Å². The number of hydrogen-bond acceptors (Lipinski definition) is 2. The van der Waals surface area contributed by atoms with Gasteiger partial charge in [-0.25, -0.2) is 0 Å². The quantitative estimate of drug-likeness (QED) is 0.714. The fourth-order valence-electron chi connectivity index (χ4n) is 1.93. The lowest BCUT2D eigenvalue weighted by molar-refractivity contribution is -0.274. The molecular formula is C15H7F6NO. The van der Waals surface area contributed by atoms with E-state index in [4.69, 9.17) is 5.26 Å². The second-order valence-electron chi connectivity index (χ2n) is 4.45. The number of para-hydroxylation sites is 1. The van der Waals surface area contributed by atoms with E-state index in [1.165, 1.54) is 18.2 Å². The lowest BCUT2D eigenvalue weighted by Gasteiger charge is -2.15. The van der Waals surface area contributed by atoms with Crippen molar-refractivity contribution in [2.24, 2.45) is 0 Å². The maximum absolute atomic E-state index is 12.9. The highest BCUT2D eigenvalue weighted by Crippen LogP contribution is 2.37. The molecule has 0 heterocycles. The van der Waals surface area contributed by atoms with E-state index in [0.29, 0.717) is 12.1 Å². The molecule has 0 saturated carbocycles. The molecule has 0 unspecified atom stereocenters. The molecule has 0 amide bonds. The molecule has 0 bridgehead atoms. The van der Waals surface area contributed by atoms with Crippen LogP contribution in [0.4, 0.5) is 26.3 Å². The first-order valence-electron chi connectivity index (χ1n) is 6.08. The van der Waals surface area contributed by atoms with Gasteiger partial charge in [0.15, 0.2) is 0 Å². The monoisotopic (exact) mass is 331 g/mol.